The number of rotatable bonds is 7. The van der Waals surface area contributed by atoms with Gasteiger partial charge in [-0.3, -0.25) is 4.68 Å². The number of aromatic nitrogens is 3. The van der Waals surface area contributed by atoms with Crippen LogP contribution in [0, 0.1) is 0 Å². The molecule has 1 unspecified atom stereocenters. The number of pyridine rings is 1. The van der Waals surface area contributed by atoms with Crippen molar-refractivity contribution in [1.29, 1.82) is 0 Å². The van der Waals surface area contributed by atoms with Gasteiger partial charge in [-0.2, -0.15) is 13.5 Å². The van der Waals surface area contributed by atoms with E-state index in [1.165, 1.54) is 24.1 Å². The van der Waals surface area contributed by atoms with Crippen molar-refractivity contribution in [2.75, 3.05) is 12.4 Å². The van der Waals surface area contributed by atoms with Crippen molar-refractivity contribution in [3.8, 4) is 17.0 Å². The molecule has 38 heavy (non-hydrogen) atoms. The third-order valence-corrected chi connectivity index (χ3v) is 8.13. The van der Waals surface area contributed by atoms with Gasteiger partial charge in [0, 0.05) is 24.0 Å². The van der Waals surface area contributed by atoms with Crippen LogP contribution in [0.5, 0.6) is 5.88 Å². The van der Waals surface area contributed by atoms with Crippen molar-refractivity contribution in [1.82, 2.24) is 19.5 Å². The maximum atomic E-state index is 13.0. The molecular formula is C25H28BN5O6S. The molecule has 2 aliphatic carbocycles. The molecule has 0 fully saturated rings. The van der Waals surface area contributed by atoms with Crippen LogP contribution in [-0.2, 0) is 22.9 Å². The molecule has 1 atom stereocenters. The molecule has 5 rings (SSSR count). The number of sulfonamides is 1. The number of nitrogens with zero attached hydrogens (tertiary/aromatic N) is 3. The zero-order valence-corrected chi connectivity index (χ0v) is 21.6. The molecule has 2 aromatic heterocycles. The summed E-state index contributed by atoms with van der Waals surface area (Å²) in [6.07, 6.45) is 9.32. The Labute approximate surface area is 220 Å². The van der Waals surface area contributed by atoms with Crippen LogP contribution in [0.4, 0.5) is 10.5 Å². The van der Waals surface area contributed by atoms with Crippen LogP contribution in [0.25, 0.3) is 11.1 Å². The minimum atomic E-state index is -4.27. The van der Waals surface area contributed by atoms with Crippen molar-refractivity contribution in [2.24, 2.45) is 0 Å². The number of hydrogen-bond acceptors (Lipinski definition) is 8. The maximum Gasteiger partial charge on any atom is 0.483 e. The van der Waals surface area contributed by atoms with Crippen molar-refractivity contribution in [3.63, 3.8) is 0 Å². The van der Waals surface area contributed by atoms with E-state index in [1.807, 2.05) is 12.1 Å². The number of allylic oxidation sites excluding steroid dienone is 2. The molecular weight excluding hydrogens is 509 g/mol. The molecule has 2 amide bonds. The number of anilines is 1. The van der Waals surface area contributed by atoms with Crippen LogP contribution in [0.3, 0.4) is 0 Å². The van der Waals surface area contributed by atoms with Gasteiger partial charge in [-0.15, -0.1) is 0 Å². The molecule has 11 nitrogen and oxygen atoms in total. The van der Waals surface area contributed by atoms with Gasteiger partial charge in [0.2, 0.25) is 5.88 Å². The van der Waals surface area contributed by atoms with Gasteiger partial charge in [-0.1, -0.05) is 18.2 Å². The third-order valence-electron chi connectivity index (χ3n) is 6.91. The van der Waals surface area contributed by atoms with Crippen molar-refractivity contribution in [2.45, 2.75) is 49.6 Å². The van der Waals surface area contributed by atoms with Gasteiger partial charge in [-0.25, -0.2) is 14.5 Å². The molecule has 2 heterocycles. The van der Waals surface area contributed by atoms with E-state index in [0.717, 1.165) is 41.5 Å². The second-order valence-corrected chi connectivity index (χ2v) is 11.0. The van der Waals surface area contributed by atoms with Gasteiger partial charge in [0.1, 0.15) is 0 Å². The normalized spacial score (nSPS) is 16.9. The zero-order chi connectivity index (χ0) is 26.9. The Balaban J connectivity index is 1.38. The van der Waals surface area contributed by atoms with Crippen LogP contribution < -0.4 is 14.8 Å². The molecule has 3 aromatic rings. The van der Waals surface area contributed by atoms with E-state index < -0.39 is 23.2 Å². The predicted octanol–water partition coefficient (Wildman–Crippen LogP) is 2.62. The lowest BCUT2D eigenvalue weighted by Crippen LogP contribution is -2.35. The number of fused-ring (bicyclic) bond motifs is 1. The molecule has 0 aliphatic heterocycles. The average Bonchev–Trinajstić information content (AvgIpc) is 3.59. The van der Waals surface area contributed by atoms with E-state index in [1.54, 1.807) is 24.4 Å². The highest BCUT2D eigenvalue weighted by Crippen LogP contribution is 2.38. The number of urea groups is 1. The molecule has 2 aliphatic rings. The van der Waals surface area contributed by atoms with Gasteiger partial charge in [0.15, 0.2) is 5.03 Å². The number of amides is 2. The molecule has 0 spiro atoms. The largest absolute Gasteiger partial charge is 0.483 e. The maximum absolute atomic E-state index is 13.0. The monoisotopic (exact) mass is 537 g/mol. The van der Waals surface area contributed by atoms with Crippen molar-refractivity contribution in [3.05, 3.63) is 65.4 Å². The van der Waals surface area contributed by atoms with E-state index in [2.05, 4.69) is 20.1 Å². The van der Waals surface area contributed by atoms with E-state index in [4.69, 9.17) is 4.74 Å². The summed E-state index contributed by atoms with van der Waals surface area (Å²) in [5, 5.41) is 25.6. The Morgan fingerprint density at radius 2 is 2.00 bits per heavy atom. The second-order valence-electron chi connectivity index (χ2n) is 9.33. The lowest BCUT2D eigenvalue weighted by atomic mass is 9.73. The first kappa shape index (κ1) is 26.0. The topological polar surface area (TPSA) is 156 Å². The minimum absolute atomic E-state index is 0.310. The van der Waals surface area contributed by atoms with Gasteiger partial charge < -0.3 is 20.1 Å². The first-order valence-corrected chi connectivity index (χ1v) is 13.8. The highest BCUT2D eigenvalue weighted by molar-refractivity contribution is 7.90. The molecule has 1 aromatic carbocycles. The lowest BCUT2D eigenvalue weighted by molar-refractivity contribution is 0.256. The fraction of sp³-hybridized carbons (Fsp3) is 0.320. The number of ether oxygens (including phenoxy) is 1. The number of nitrogens with one attached hydrogen (secondary N) is 2. The Hall–Kier alpha value is -3.68. The standard InChI is InChI=1S/C25H28BN5O6S/c1-37-22-14-17(10-12-27-22)21-9-8-16-4-2-7-20(16)24(21)28-25(32)30-38(35,36)23-11-13-31(29-23)19-6-3-5-18(15-19)26(33)34/h8-15,19,33-34H,2-7H2,1H3,(H2,28,30,32). The molecule has 0 radical (unpaired) electrons. The highest BCUT2D eigenvalue weighted by atomic mass is 32.2. The van der Waals surface area contributed by atoms with E-state index >= 15 is 0 Å². The van der Waals surface area contributed by atoms with Gasteiger partial charge >= 0.3 is 13.1 Å². The average molecular weight is 537 g/mol. The molecule has 0 saturated heterocycles. The number of aryl methyl sites for hydroxylation is 1. The summed E-state index contributed by atoms with van der Waals surface area (Å²) in [6, 6.07) is 7.58. The Morgan fingerprint density at radius 3 is 2.79 bits per heavy atom. The molecule has 0 saturated carbocycles. The predicted molar refractivity (Wildman–Crippen MR) is 141 cm³/mol. The Morgan fingerprint density at radius 1 is 1.16 bits per heavy atom. The quantitative estimate of drug-likeness (QED) is 0.335. The van der Waals surface area contributed by atoms with Gasteiger partial charge in [0.05, 0.1) is 18.8 Å². The smallest absolute Gasteiger partial charge is 0.481 e. The van der Waals surface area contributed by atoms with Gasteiger partial charge in [-0.05, 0) is 72.8 Å². The second kappa shape index (κ2) is 10.6. The first-order chi connectivity index (χ1) is 18.2. The number of carbonyl (C=O) groups is 1. The molecule has 4 N–H and O–H groups in total. The summed E-state index contributed by atoms with van der Waals surface area (Å²) in [5.41, 5.74) is 4.61. The summed E-state index contributed by atoms with van der Waals surface area (Å²) in [5.74, 6) is 0.421. The highest BCUT2D eigenvalue weighted by Gasteiger charge is 2.27. The van der Waals surface area contributed by atoms with Crippen LogP contribution in [0.15, 0.2) is 59.3 Å². The van der Waals surface area contributed by atoms with E-state index in [9.17, 15) is 23.3 Å². The first-order valence-electron chi connectivity index (χ1n) is 12.4. The molecule has 0 bridgehead atoms. The Bertz CT molecular complexity index is 1500. The fourth-order valence-corrected chi connectivity index (χ4v) is 5.89. The SMILES string of the molecule is COc1cc(-c2ccc3c(c2NC(=O)NS(=O)(=O)c2ccn(C4C=C(B(O)O)CCC4)n2)CCC3)ccn1. The molecule has 13 heteroatoms. The minimum Gasteiger partial charge on any atom is -0.481 e. The summed E-state index contributed by atoms with van der Waals surface area (Å²) < 4.78 is 34.8. The van der Waals surface area contributed by atoms with E-state index in [-0.39, 0.29) is 11.1 Å². The van der Waals surface area contributed by atoms with Crippen molar-refractivity contribution < 1.29 is 28.0 Å². The summed E-state index contributed by atoms with van der Waals surface area (Å²) in [6.45, 7) is 0. The Kier molecular flexibility index (Phi) is 7.24. The van der Waals surface area contributed by atoms with Gasteiger partial charge in [0.25, 0.3) is 10.0 Å². The van der Waals surface area contributed by atoms with Crippen LogP contribution in [-0.4, -0.2) is 53.5 Å². The van der Waals surface area contributed by atoms with Crippen LogP contribution in [0.1, 0.15) is 42.9 Å². The molecule has 198 valence electrons. The lowest BCUT2D eigenvalue weighted by Gasteiger charge is -2.21. The third kappa shape index (κ3) is 5.30. The fourth-order valence-electron chi connectivity index (χ4n) is 5.05. The number of methoxy groups -OCH3 is 1. The summed E-state index contributed by atoms with van der Waals surface area (Å²) in [7, 11) is -4.31. The number of benzene rings is 1. The summed E-state index contributed by atoms with van der Waals surface area (Å²) in [4.78, 5) is 17.1. The van der Waals surface area contributed by atoms with Crippen LogP contribution >= 0.6 is 0 Å². The zero-order valence-electron chi connectivity index (χ0n) is 20.8. The van der Waals surface area contributed by atoms with Crippen molar-refractivity contribution >= 4 is 28.9 Å². The van der Waals surface area contributed by atoms with E-state index in [0.29, 0.717) is 36.3 Å². The number of hydrogen-bond donors (Lipinski definition) is 4. The number of carbonyl (C=O) groups excluding carboxylic acids is 1. The van der Waals surface area contributed by atoms with Crippen LogP contribution in [0.2, 0.25) is 0 Å². The summed E-state index contributed by atoms with van der Waals surface area (Å²) >= 11 is 0.